The number of anilines is 2. The van der Waals surface area contributed by atoms with E-state index in [1.54, 1.807) is 6.20 Å². The minimum Gasteiger partial charge on any atom is -0.480 e. The molecule has 8 nitrogen and oxygen atoms in total. The van der Waals surface area contributed by atoms with Gasteiger partial charge in [-0.05, 0) is 24.3 Å². The van der Waals surface area contributed by atoms with Crippen molar-refractivity contribution in [3.8, 4) is 11.9 Å². The second kappa shape index (κ2) is 7.84. The van der Waals surface area contributed by atoms with Crippen molar-refractivity contribution < 1.29 is 9.47 Å². The van der Waals surface area contributed by atoms with E-state index in [1.807, 2.05) is 12.3 Å². The number of ether oxygens (including phenoxy) is 2. The fourth-order valence-corrected chi connectivity index (χ4v) is 4.09. The summed E-state index contributed by atoms with van der Waals surface area (Å²) in [5, 5.41) is 13.1. The van der Waals surface area contributed by atoms with Gasteiger partial charge in [-0.3, -0.25) is 0 Å². The van der Waals surface area contributed by atoms with E-state index in [0.717, 1.165) is 43.1 Å². The zero-order chi connectivity index (χ0) is 20.4. The van der Waals surface area contributed by atoms with Crippen molar-refractivity contribution >= 4 is 11.6 Å². The van der Waals surface area contributed by atoms with Crippen molar-refractivity contribution in [1.82, 2.24) is 15.0 Å². The first-order valence-corrected chi connectivity index (χ1v) is 9.89. The summed E-state index contributed by atoms with van der Waals surface area (Å²) in [7, 11) is 1.52. The fraction of sp³-hybridized carbons (Fsp3) is 0.524. The molecule has 0 saturated carbocycles. The maximum absolute atomic E-state index is 9.59. The van der Waals surface area contributed by atoms with E-state index < -0.39 is 0 Å². The van der Waals surface area contributed by atoms with Gasteiger partial charge in [-0.2, -0.15) is 5.26 Å². The number of nitrogens with zero attached hydrogens (tertiary/aromatic N) is 5. The van der Waals surface area contributed by atoms with Crippen LogP contribution < -0.4 is 15.0 Å². The molecule has 0 radical (unpaired) electrons. The predicted octanol–water partition coefficient (Wildman–Crippen LogP) is 2.71. The highest BCUT2D eigenvalue weighted by Crippen LogP contribution is 2.42. The average Bonchev–Trinajstić information content (AvgIpc) is 2.73. The Kier molecular flexibility index (Phi) is 5.24. The maximum Gasteiger partial charge on any atom is 0.233 e. The monoisotopic (exact) mass is 394 g/mol. The van der Waals surface area contributed by atoms with E-state index in [2.05, 4.69) is 40.1 Å². The first-order chi connectivity index (χ1) is 14.0. The predicted molar refractivity (Wildman–Crippen MR) is 109 cm³/mol. The molecule has 29 heavy (non-hydrogen) atoms. The van der Waals surface area contributed by atoms with Crippen LogP contribution in [0.1, 0.15) is 43.1 Å². The quantitative estimate of drug-likeness (QED) is 0.846. The summed E-state index contributed by atoms with van der Waals surface area (Å²) in [4.78, 5) is 15.9. The highest BCUT2D eigenvalue weighted by molar-refractivity contribution is 5.62. The highest BCUT2D eigenvalue weighted by Gasteiger charge is 2.34. The van der Waals surface area contributed by atoms with Crippen LogP contribution in [0.5, 0.6) is 5.88 Å². The maximum atomic E-state index is 9.59. The van der Waals surface area contributed by atoms with Crippen LogP contribution in [0.25, 0.3) is 0 Å². The first-order valence-electron chi connectivity index (χ1n) is 9.89. The summed E-state index contributed by atoms with van der Waals surface area (Å²) >= 11 is 0. The molecule has 1 fully saturated rings. The molecule has 0 amide bonds. The zero-order valence-electron chi connectivity index (χ0n) is 17.1. The standard InChI is InChI=1S/C21H26N6O2/c1-21(2)10-17(25-16-4-5-23-19(28-3)14(16)12-22)15-13-24-20(26-18(15)11-21)27-6-8-29-9-7-27/h4-5,13,17H,6-11H2,1-3H3,(H,23,25)/t17-/m1/s1. The number of nitriles is 1. The number of morpholine rings is 1. The van der Waals surface area contributed by atoms with Gasteiger partial charge in [-0.15, -0.1) is 0 Å². The van der Waals surface area contributed by atoms with Gasteiger partial charge < -0.3 is 19.7 Å². The van der Waals surface area contributed by atoms with Crippen molar-refractivity contribution in [2.75, 3.05) is 43.6 Å². The first kappa shape index (κ1) is 19.4. The normalized spacial score (nSPS) is 20.5. The third-order valence-corrected chi connectivity index (χ3v) is 5.51. The van der Waals surface area contributed by atoms with Gasteiger partial charge in [-0.25, -0.2) is 15.0 Å². The van der Waals surface area contributed by atoms with Crippen molar-refractivity contribution in [3.05, 3.63) is 35.3 Å². The molecule has 2 aliphatic rings. The third kappa shape index (κ3) is 3.96. The number of nitrogens with one attached hydrogen (secondary N) is 1. The van der Waals surface area contributed by atoms with Gasteiger partial charge in [0.1, 0.15) is 11.6 Å². The number of hydrogen-bond acceptors (Lipinski definition) is 8. The number of hydrogen-bond donors (Lipinski definition) is 1. The molecule has 0 spiro atoms. The minimum atomic E-state index is 0.00620. The molecule has 2 aromatic heterocycles. The Hall–Kier alpha value is -2.92. The lowest BCUT2D eigenvalue weighted by atomic mass is 9.74. The minimum absolute atomic E-state index is 0.00620. The highest BCUT2D eigenvalue weighted by atomic mass is 16.5. The van der Waals surface area contributed by atoms with E-state index in [1.165, 1.54) is 7.11 Å². The van der Waals surface area contributed by atoms with E-state index in [9.17, 15) is 5.26 Å². The summed E-state index contributed by atoms with van der Waals surface area (Å²) in [6.07, 6.45) is 5.39. The number of rotatable bonds is 4. The van der Waals surface area contributed by atoms with Crippen LogP contribution in [0.2, 0.25) is 0 Å². The molecule has 8 heteroatoms. The second-order valence-electron chi connectivity index (χ2n) is 8.27. The second-order valence-corrected chi connectivity index (χ2v) is 8.27. The summed E-state index contributed by atoms with van der Waals surface area (Å²) < 4.78 is 10.7. The Morgan fingerprint density at radius 1 is 1.31 bits per heavy atom. The molecule has 0 unspecified atom stereocenters. The van der Waals surface area contributed by atoms with E-state index in [-0.39, 0.29) is 11.5 Å². The summed E-state index contributed by atoms with van der Waals surface area (Å²) in [6.45, 7) is 7.53. The van der Waals surface area contributed by atoms with Crippen LogP contribution in [-0.2, 0) is 11.2 Å². The van der Waals surface area contributed by atoms with Gasteiger partial charge in [0, 0.05) is 31.0 Å². The van der Waals surface area contributed by atoms with Crippen molar-refractivity contribution in [2.24, 2.45) is 5.41 Å². The molecule has 3 heterocycles. The SMILES string of the molecule is COc1nccc(N[C@@H]2CC(C)(C)Cc3nc(N4CCOCC4)ncc32)c1C#N. The third-order valence-electron chi connectivity index (χ3n) is 5.51. The molecule has 1 aliphatic carbocycles. The molecular formula is C21H26N6O2. The van der Waals surface area contributed by atoms with Crippen LogP contribution in [0.15, 0.2) is 18.5 Å². The summed E-state index contributed by atoms with van der Waals surface area (Å²) in [5.41, 5.74) is 3.34. The van der Waals surface area contributed by atoms with E-state index in [4.69, 9.17) is 14.5 Å². The molecule has 152 valence electrons. The number of aromatic nitrogens is 3. The van der Waals surface area contributed by atoms with E-state index >= 15 is 0 Å². The molecule has 0 bridgehead atoms. The Morgan fingerprint density at radius 3 is 2.83 bits per heavy atom. The molecular weight excluding hydrogens is 368 g/mol. The van der Waals surface area contributed by atoms with Crippen molar-refractivity contribution in [1.29, 1.82) is 5.26 Å². The summed E-state index contributed by atoms with van der Waals surface area (Å²) in [5.74, 6) is 1.10. The van der Waals surface area contributed by atoms with Gasteiger partial charge in [0.2, 0.25) is 11.8 Å². The van der Waals surface area contributed by atoms with Gasteiger partial charge in [0.25, 0.3) is 0 Å². The fourth-order valence-electron chi connectivity index (χ4n) is 4.09. The van der Waals surface area contributed by atoms with Crippen LogP contribution >= 0.6 is 0 Å². The van der Waals surface area contributed by atoms with Crippen LogP contribution in [0, 0.1) is 16.7 Å². The molecule has 1 aliphatic heterocycles. The van der Waals surface area contributed by atoms with Gasteiger partial charge in [0.05, 0.1) is 37.7 Å². The van der Waals surface area contributed by atoms with Crippen LogP contribution in [-0.4, -0.2) is 48.4 Å². The smallest absolute Gasteiger partial charge is 0.233 e. The molecule has 1 saturated heterocycles. The summed E-state index contributed by atoms with van der Waals surface area (Å²) in [6, 6.07) is 4.02. The lowest BCUT2D eigenvalue weighted by Crippen LogP contribution is -2.38. The Morgan fingerprint density at radius 2 is 2.10 bits per heavy atom. The largest absolute Gasteiger partial charge is 0.480 e. The van der Waals surface area contributed by atoms with Gasteiger partial charge in [-0.1, -0.05) is 13.8 Å². The lowest BCUT2D eigenvalue weighted by Gasteiger charge is -2.37. The van der Waals surface area contributed by atoms with E-state index in [0.29, 0.717) is 30.3 Å². The number of methoxy groups -OCH3 is 1. The molecule has 0 aromatic carbocycles. The topological polar surface area (TPSA) is 96.2 Å². The van der Waals surface area contributed by atoms with Crippen molar-refractivity contribution in [3.63, 3.8) is 0 Å². The van der Waals surface area contributed by atoms with Gasteiger partial charge in [0.15, 0.2) is 0 Å². The average molecular weight is 394 g/mol. The molecule has 1 atom stereocenters. The Bertz CT molecular complexity index is 933. The molecule has 4 rings (SSSR count). The lowest BCUT2D eigenvalue weighted by molar-refractivity contribution is 0.122. The van der Waals surface area contributed by atoms with Crippen LogP contribution in [0.3, 0.4) is 0 Å². The number of fused-ring (bicyclic) bond motifs is 1. The molecule has 2 aromatic rings. The Balaban J connectivity index is 1.67. The molecule has 1 N–H and O–H groups in total. The Labute approximate surface area is 170 Å². The zero-order valence-corrected chi connectivity index (χ0v) is 17.1. The number of pyridine rings is 1. The van der Waals surface area contributed by atoms with Crippen molar-refractivity contribution in [2.45, 2.75) is 32.7 Å². The van der Waals surface area contributed by atoms with Crippen LogP contribution in [0.4, 0.5) is 11.6 Å². The van der Waals surface area contributed by atoms with Gasteiger partial charge >= 0.3 is 0 Å².